The second-order valence-corrected chi connectivity index (χ2v) is 5.08. The molecule has 1 nitrogen and oxygen atoms in total. The maximum atomic E-state index is 3.57. The lowest BCUT2D eigenvalue weighted by Crippen LogP contribution is -2.22. The van der Waals surface area contributed by atoms with Crippen molar-refractivity contribution >= 4 is 11.3 Å². The van der Waals surface area contributed by atoms with E-state index in [0.29, 0.717) is 6.04 Å². The van der Waals surface area contributed by atoms with E-state index in [1.807, 2.05) is 0 Å². The van der Waals surface area contributed by atoms with Crippen molar-refractivity contribution in [3.63, 3.8) is 0 Å². The molecule has 0 bridgehead atoms. The van der Waals surface area contributed by atoms with Crippen LogP contribution in [0.3, 0.4) is 0 Å². The number of hydrogen-bond donors (Lipinski definition) is 1. The van der Waals surface area contributed by atoms with Gasteiger partial charge in [-0.25, -0.2) is 0 Å². The van der Waals surface area contributed by atoms with Gasteiger partial charge in [-0.1, -0.05) is 31.2 Å². The van der Waals surface area contributed by atoms with Crippen molar-refractivity contribution in [2.45, 2.75) is 26.3 Å². The maximum absolute atomic E-state index is 3.57. The standard InChI is InChI=1S/C15H19NS/c1-3-16-15(14-8-9-17-11-14)10-13-7-5-4-6-12(13)2/h4-9,11,15-16H,3,10H2,1-2H3. The molecule has 0 fully saturated rings. The third kappa shape index (κ3) is 3.18. The molecule has 1 N–H and O–H groups in total. The lowest BCUT2D eigenvalue weighted by atomic mass is 9.98. The Morgan fingerprint density at radius 2 is 2.06 bits per heavy atom. The maximum Gasteiger partial charge on any atom is 0.0369 e. The van der Waals surface area contributed by atoms with E-state index in [1.165, 1.54) is 16.7 Å². The zero-order valence-electron chi connectivity index (χ0n) is 10.4. The smallest absolute Gasteiger partial charge is 0.0369 e. The summed E-state index contributed by atoms with van der Waals surface area (Å²) in [6.45, 7) is 5.36. The molecule has 1 aromatic heterocycles. The largest absolute Gasteiger partial charge is 0.310 e. The minimum Gasteiger partial charge on any atom is -0.310 e. The van der Waals surface area contributed by atoms with Crippen LogP contribution in [0, 0.1) is 6.92 Å². The van der Waals surface area contributed by atoms with E-state index in [4.69, 9.17) is 0 Å². The van der Waals surface area contributed by atoms with Gasteiger partial charge in [0.2, 0.25) is 0 Å². The van der Waals surface area contributed by atoms with Gasteiger partial charge in [0.05, 0.1) is 0 Å². The zero-order chi connectivity index (χ0) is 12.1. The lowest BCUT2D eigenvalue weighted by molar-refractivity contribution is 0.550. The van der Waals surface area contributed by atoms with Crippen LogP contribution in [-0.2, 0) is 6.42 Å². The SMILES string of the molecule is CCNC(Cc1ccccc1C)c1ccsc1. The molecule has 1 atom stereocenters. The van der Waals surface area contributed by atoms with Crippen LogP contribution in [0.5, 0.6) is 0 Å². The number of nitrogens with one attached hydrogen (secondary N) is 1. The molecule has 0 radical (unpaired) electrons. The van der Waals surface area contributed by atoms with E-state index >= 15 is 0 Å². The molecule has 0 amide bonds. The van der Waals surface area contributed by atoms with Crippen LogP contribution < -0.4 is 5.32 Å². The summed E-state index contributed by atoms with van der Waals surface area (Å²) in [7, 11) is 0. The van der Waals surface area contributed by atoms with E-state index in [9.17, 15) is 0 Å². The highest BCUT2D eigenvalue weighted by atomic mass is 32.1. The highest BCUT2D eigenvalue weighted by Gasteiger charge is 2.12. The molecule has 0 aliphatic heterocycles. The minimum absolute atomic E-state index is 0.437. The zero-order valence-corrected chi connectivity index (χ0v) is 11.3. The van der Waals surface area contributed by atoms with Gasteiger partial charge in [-0.05, 0) is 53.4 Å². The molecule has 2 heteroatoms. The van der Waals surface area contributed by atoms with Gasteiger partial charge in [0.15, 0.2) is 0 Å². The second-order valence-electron chi connectivity index (χ2n) is 4.30. The Balaban J connectivity index is 2.16. The highest BCUT2D eigenvalue weighted by molar-refractivity contribution is 7.07. The third-order valence-electron chi connectivity index (χ3n) is 3.08. The summed E-state index contributed by atoms with van der Waals surface area (Å²) in [5.41, 5.74) is 4.22. The Morgan fingerprint density at radius 1 is 1.24 bits per heavy atom. The summed E-state index contributed by atoms with van der Waals surface area (Å²) in [5, 5.41) is 7.96. The monoisotopic (exact) mass is 245 g/mol. The molecule has 0 saturated carbocycles. The van der Waals surface area contributed by atoms with Gasteiger partial charge < -0.3 is 5.32 Å². The van der Waals surface area contributed by atoms with Crippen molar-refractivity contribution in [2.24, 2.45) is 0 Å². The first-order valence-electron chi connectivity index (χ1n) is 6.11. The van der Waals surface area contributed by atoms with E-state index in [2.05, 4.69) is 60.3 Å². The summed E-state index contributed by atoms with van der Waals surface area (Å²) in [4.78, 5) is 0. The number of hydrogen-bond acceptors (Lipinski definition) is 2. The number of rotatable bonds is 5. The molecular weight excluding hydrogens is 226 g/mol. The average molecular weight is 245 g/mol. The summed E-state index contributed by atoms with van der Waals surface area (Å²) in [5.74, 6) is 0. The molecule has 0 aliphatic carbocycles. The molecule has 2 rings (SSSR count). The van der Waals surface area contributed by atoms with Crippen LogP contribution in [0.1, 0.15) is 29.7 Å². The van der Waals surface area contributed by atoms with E-state index < -0.39 is 0 Å². The van der Waals surface area contributed by atoms with Crippen LogP contribution in [0.15, 0.2) is 41.1 Å². The summed E-state index contributed by atoms with van der Waals surface area (Å²) < 4.78 is 0. The Morgan fingerprint density at radius 3 is 2.71 bits per heavy atom. The van der Waals surface area contributed by atoms with Gasteiger partial charge in [0.1, 0.15) is 0 Å². The van der Waals surface area contributed by atoms with Crippen molar-refractivity contribution in [3.8, 4) is 0 Å². The van der Waals surface area contributed by atoms with Crippen molar-refractivity contribution in [1.29, 1.82) is 0 Å². The summed E-state index contributed by atoms with van der Waals surface area (Å²) >= 11 is 1.77. The molecule has 0 aliphatic rings. The van der Waals surface area contributed by atoms with E-state index in [1.54, 1.807) is 11.3 Å². The lowest BCUT2D eigenvalue weighted by Gasteiger charge is -2.18. The van der Waals surface area contributed by atoms with Gasteiger partial charge in [-0.3, -0.25) is 0 Å². The first-order valence-corrected chi connectivity index (χ1v) is 7.05. The van der Waals surface area contributed by atoms with E-state index in [0.717, 1.165) is 13.0 Å². The molecule has 0 saturated heterocycles. The molecule has 1 aromatic carbocycles. The fourth-order valence-corrected chi connectivity index (χ4v) is 2.80. The van der Waals surface area contributed by atoms with Crippen molar-refractivity contribution in [1.82, 2.24) is 5.32 Å². The second kappa shape index (κ2) is 5.99. The van der Waals surface area contributed by atoms with Crippen LogP contribution in [0.2, 0.25) is 0 Å². The van der Waals surface area contributed by atoms with Crippen LogP contribution >= 0.6 is 11.3 Å². The molecule has 1 heterocycles. The van der Waals surface area contributed by atoms with Gasteiger partial charge >= 0.3 is 0 Å². The summed E-state index contributed by atoms with van der Waals surface area (Å²) in [6.07, 6.45) is 1.07. The molecule has 90 valence electrons. The fourth-order valence-electron chi connectivity index (χ4n) is 2.09. The van der Waals surface area contributed by atoms with E-state index in [-0.39, 0.29) is 0 Å². The quantitative estimate of drug-likeness (QED) is 0.841. The first-order chi connectivity index (χ1) is 8.31. The molecule has 0 spiro atoms. The third-order valence-corrected chi connectivity index (χ3v) is 3.78. The van der Waals surface area contributed by atoms with Crippen LogP contribution in [0.25, 0.3) is 0 Å². The highest BCUT2D eigenvalue weighted by Crippen LogP contribution is 2.22. The van der Waals surface area contributed by atoms with Gasteiger partial charge in [-0.2, -0.15) is 11.3 Å². The van der Waals surface area contributed by atoms with Gasteiger partial charge in [0.25, 0.3) is 0 Å². The Hall–Kier alpha value is -1.12. The Kier molecular flexibility index (Phi) is 4.35. The molecular formula is C15H19NS. The average Bonchev–Trinajstić information content (AvgIpc) is 2.85. The number of likely N-dealkylation sites (N-methyl/N-ethyl adjacent to an activating group) is 1. The molecule has 17 heavy (non-hydrogen) atoms. The normalized spacial score (nSPS) is 12.6. The Labute approximate surface area is 108 Å². The van der Waals surface area contributed by atoms with Gasteiger partial charge in [0, 0.05) is 6.04 Å². The predicted octanol–water partition coefficient (Wildman–Crippen LogP) is 3.95. The number of thiophene rings is 1. The summed E-state index contributed by atoms with van der Waals surface area (Å²) in [6, 6.07) is 11.3. The van der Waals surface area contributed by atoms with Crippen LogP contribution in [0.4, 0.5) is 0 Å². The molecule has 1 unspecified atom stereocenters. The Bertz CT molecular complexity index is 448. The van der Waals surface area contributed by atoms with Gasteiger partial charge in [-0.15, -0.1) is 0 Å². The number of aryl methyl sites for hydroxylation is 1. The van der Waals surface area contributed by atoms with Crippen molar-refractivity contribution < 1.29 is 0 Å². The van der Waals surface area contributed by atoms with Crippen molar-refractivity contribution in [2.75, 3.05) is 6.54 Å². The van der Waals surface area contributed by atoms with Crippen LogP contribution in [-0.4, -0.2) is 6.54 Å². The molecule has 2 aromatic rings. The predicted molar refractivity (Wildman–Crippen MR) is 75.6 cm³/mol. The van der Waals surface area contributed by atoms with Crippen molar-refractivity contribution in [3.05, 3.63) is 57.8 Å². The minimum atomic E-state index is 0.437. The first kappa shape index (κ1) is 12.3. The topological polar surface area (TPSA) is 12.0 Å². The fraction of sp³-hybridized carbons (Fsp3) is 0.333. The number of benzene rings is 1.